The van der Waals surface area contributed by atoms with Crippen molar-refractivity contribution in [1.29, 1.82) is 0 Å². The van der Waals surface area contributed by atoms with Gasteiger partial charge in [0.2, 0.25) is 0 Å². The Bertz CT molecular complexity index is 1700. The molecule has 0 saturated heterocycles. The molecule has 0 bridgehead atoms. The Labute approximate surface area is 286 Å². The van der Waals surface area contributed by atoms with E-state index in [4.69, 9.17) is 4.74 Å². The van der Waals surface area contributed by atoms with E-state index in [1.165, 1.54) is 16.0 Å². The van der Waals surface area contributed by atoms with E-state index in [2.05, 4.69) is 78.0 Å². The van der Waals surface area contributed by atoms with Gasteiger partial charge >= 0.3 is 12.2 Å². The van der Waals surface area contributed by atoms with Crippen molar-refractivity contribution in [2.24, 2.45) is 10.8 Å². The van der Waals surface area contributed by atoms with Gasteiger partial charge in [0.15, 0.2) is 0 Å². The number of nitrogens with one attached hydrogen (secondary N) is 1. The second kappa shape index (κ2) is 13.5. The fraction of sp³-hybridized carbons (Fsp3) is 0.381. The third-order valence-corrected chi connectivity index (χ3v) is 10.3. The summed E-state index contributed by atoms with van der Waals surface area (Å²) in [6, 6.07) is 36.0. The predicted octanol–water partition coefficient (Wildman–Crippen LogP) is 10.2. The van der Waals surface area contributed by atoms with Gasteiger partial charge in [0.25, 0.3) is 0 Å². The average molecular weight is 647 g/mol. The molecule has 0 aromatic heterocycles. The van der Waals surface area contributed by atoms with Crippen molar-refractivity contribution in [1.82, 2.24) is 5.32 Å². The van der Waals surface area contributed by atoms with E-state index >= 15 is 0 Å². The lowest BCUT2D eigenvalue weighted by Crippen LogP contribution is -2.52. The summed E-state index contributed by atoms with van der Waals surface area (Å²) >= 11 is 0. The Morgan fingerprint density at radius 2 is 1.19 bits per heavy atom. The molecule has 2 amide bonds. The van der Waals surface area contributed by atoms with E-state index in [0.29, 0.717) is 24.4 Å². The van der Waals surface area contributed by atoms with Crippen LogP contribution in [0.5, 0.6) is 5.75 Å². The highest BCUT2D eigenvalue weighted by Crippen LogP contribution is 2.48. The van der Waals surface area contributed by atoms with E-state index < -0.39 is 12.2 Å². The Kier molecular flexibility index (Phi) is 9.77. The van der Waals surface area contributed by atoms with Crippen molar-refractivity contribution in [3.05, 3.63) is 131 Å². The first-order valence-electron chi connectivity index (χ1n) is 16.9. The second-order valence-corrected chi connectivity index (χ2v) is 15.7. The molecule has 6 nitrogen and oxygen atoms in total. The number of carboxylic acid groups (broad SMARTS) is 1. The molecule has 1 saturated carbocycles. The van der Waals surface area contributed by atoms with Crippen LogP contribution in [0, 0.1) is 10.8 Å². The SMILES string of the molecule is CC1(C)CC(N(C(=O)O)c2ccc(C(C)(C)c3ccccc3)cc2)CC(C)(CNC(=O)Oc2ccc(C(C)(C)c3ccccc3)cc2)C1. The Hall–Kier alpha value is -4.58. The summed E-state index contributed by atoms with van der Waals surface area (Å²) in [5, 5.41) is 13.5. The molecular weight excluding hydrogens is 596 g/mol. The molecule has 48 heavy (non-hydrogen) atoms. The normalized spacial score (nSPS) is 19.3. The van der Waals surface area contributed by atoms with Gasteiger partial charge < -0.3 is 15.2 Å². The molecule has 2 unspecified atom stereocenters. The van der Waals surface area contributed by atoms with Crippen LogP contribution in [0.15, 0.2) is 109 Å². The van der Waals surface area contributed by atoms with Crippen molar-refractivity contribution in [3.63, 3.8) is 0 Å². The van der Waals surface area contributed by atoms with Crippen LogP contribution < -0.4 is 15.0 Å². The van der Waals surface area contributed by atoms with E-state index in [-0.39, 0.29) is 27.7 Å². The first-order chi connectivity index (χ1) is 22.6. The molecule has 252 valence electrons. The van der Waals surface area contributed by atoms with Crippen LogP contribution in [0.3, 0.4) is 0 Å². The molecule has 1 aliphatic carbocycles. The molecule has 4 aromatic carbocycles. The zero-order valence-electron chi connectivity index (χ0n) is 29.4. The van der Waals surface area contributed by atoms with Crippen molar-refractivity contribution in [2.75, 3.05) is 11.4 Å². The summed E-state index contributed by atoms with van der Waals surface area (Å²) in [7, 11) is 0. The summed E-state index contributed by atoms with van der Waals surface area (Å²) in [5.74, 6) is 0.475. The summed E-state index contributed by atoms with van der Waals surface area (Å²) < 4.78 is 5.67. The fourth-order valence-electron chi connectivity index (χ4n) is 7.82. The molecule has 6 heteroatoms. The van der Waals surface area contributed by atoms with Crippen LogP contribution >= 0.6 is 0 Å². The molecule has 0 heterocycles. The molecule has 1 aliphatic rings. The van der Waals surface area contributed by atoms with Crippen LogP contribution in [0.2, 0.25) is 0 Å². The third kappa shape index (κ3) is 7.75. The zero-order valence-corrected chi connectivity index (χ0v) is 29.4. The Balaban J connectivity index is 1.25. The topological polar surface area (TPSA) is 78.9 Å². The lowest BCUT2D eigenvalue weighted by atomic mass is 9.62. The maximum atomic E-state index is 13.0. The third-order valence-electron chi connectivity index (χ3n) is 10.3. The minimum atomic E-state index is -0.971. The molecule has 0 spiro atoms. The predicted molar refractivity (Wildman–Crippen MR) is 194 cm³/mol. The summed E-state index contributed by atoms with van der Waals surface area (Å²) in [6.45, 7) is 15.6. The van der Waals surface area contributed by atoms with E-state index in [9.17, 15) is 14.7 Å². The Morgan fingerprint density at radius 1 is 0.729 bits per heavy atom. The van der Waals surface area contributed by atoms with Gasteiger partial charge in [-0.1, -0.05) is 133 Å². The van der Waals surface area contributed by atoms with Gasteiger partial charge in [0.05, 0.1) is 0 Å². The van der Waals surface area contributed by atoms with Crippen LogP contribution in [-0.2, 0) is 10.8 Å². The number of benzene rings is 4. The molecular formula is C42H50N2O4. The largest absolute Gasteiger partial charge is 0.465 e. The first kappa shape index (κ1) is 34.7. The number of hydrogen-bond donors (Lipinski definition) is 2. The Morgan fingerprint density at radius 3 is 1.67 bits per heavy atom. The van der Waals surface area contributed by atoms with Crippen LogP contribution in [-0.4, -0.2) is 29.9 Å². The van der Waals surface area contributed by atoms with Crippen LogP contribution in [0.25, 0.3) is 0 Å². The number of anilines is 1. The van der Waals surface area contributed by atoms with Gasteiger partial charge in [-0.25, -0.2) is 9.59 Å². The molecule has 2 atom stereocenters. The number of ether oxygens (including phenoxy) is 1. The van der Waals surface area contributed by atoms with Crippen molar-refractivity contribution < 1.29 is 19.4 Å². The van der Waals surface area contributed by atoms with E-state index in [1.807, 2.05) is 84.9 Å². The molecule has 0 aliphatic heterocycles. The van der Waals surface area contributed by atoms with Gasteiger partial charge in [-0.3, -0.25) is 4.90 Å². The lowest BCUT2D eigenvalue weighted by molar-refractivity contribution is 0.0783. The standard InChI is InChI=1S/C42H50N2O4/c1-39(2)26-35(44(38(46)47)34-22-18-32(19-23-34)40(3,4)30-14-10-8-11-15-30)27-42(7,28-39)29-43-37(45)48-36-24-20-33(21-25-36)41(5,6)31-16-12-9-13-17-31/h8-25,35H,26-29H2,1-7H3,(H,43,45)(H,46,47). The van der Waals surface area contributed by atoms with E-state index in [1.54, 1.807) is 0 Å². The van der Waals surface area contributed by atoms with Crippen molar-refractivity contribution in [2.45, 2.75) is 84.6 Å². The minimum Gasteiger partial charge on any atom is -0.465 e. The van der Waals surface area contributed by atoms with Gasteiger partial charge in [-0.05, 0) is 76.6 Å². The monoisotopic (exact) mass is 646 g/mol. The average Bonchev–Trinajstić information content (AvgIpc) is 3.04. The summed E-state index contributed by atoms with van der Waals surface area (Å²) in [6.07, 6.45) is 0.697. The van der Waals surface area contributed by atoms with Crippen molar-refractivity contribution in [3.8, 4) is 5.75 Å². The number of carbonyl (C=O) groups excluding carboxylic acids is 1. The maximum Gasteiger partial charge on any atom is 0.412 e. The van der Waals surface area contributed by atoms with Gasteiger partial charge in [-0.2, -0.15) is 0 Å². The fourth-order valence-corrected chi connectivity index (χ4v) is 7.82. The number of hydrogen-bond acceptors (Lipinski definition) is 3. The van der Waals surface area contributed by atoms with Crippen LogP contribution in [0.4, 0.5) is 15.3 Å². The smallest absolute Gasteiger partial charge is 0.412 e. The van der Waals surface area contributed by atoms with Gasteiger partial charge in [0.1, 0.15) is 5.75 Å². The molecule has 5 rings (SSSR count). The lowest BCUT2D eigenvalue weighted by Gasteiger charge is -2.49. The number of carbonyl (C=O) groups is 2. The quantitative estimate of drug-likeness (QED) is 0.190. The second-order valence-electron chi connectivity index (χ2n) is 15.7. The number of amides is 2. The van der Waals surface area contributed by atoms with Gasteiger partial charge in [0, 0.05) is 29.1 Å². The first-order valence-corrected chi connectivity index (χ1v) is 16.9. The highest BCUT2D eigenvalue weighted by molar-refractivity contribution is 5.87. The van der Waals surface area contributed by atoms with E-state index in [0.717, 1.165) is 24.0 Å². The highest BCUT2D eigenvalue weighted by Gasteiger charge is 2.45. The molecule has 1 fully saturated rings. The molecule has 4 aromatic rings. The maximum absolute atomic E-state index is 13.0. The highest BCUT2D eigenvalue weighted by atomic mass is 16.6. The van der Waals surface area contributed by atoms with Gasteiger partial charge in [-0.15, -0.1) is 0 Å². The number of nitrogens with zero attached hydrogens (tertiary/aromatic N) is 1. The zero-order chi connectivity index (χ0) is 34.7. The summed E-state index contributed by atoms with van der Waals surface area (Å²) in [4.78, 5) is 27.3. The number of rotatable bonds is 9. The molecule has 0 radical (unpaired) electrons. The summed E-state index contributed by atoms with van der Waals surface area (Å²) in [5.41, 5.74) is 4.44. The van der Waals surface area contributed by atoms with Crippen molar-refractivity contribution >= 4 is 17.9 Å². The van der Waals surface area contributed by atoms with Crippen LogP contribution in [0.1, 0.15) is 90.0 Å². The minimum absolute atomic E-state index is 0.131. The molecule has 2 N–H and O–H groups in total.